The highest BCUT2D eigenvalue weighted by atomic mass is 35.5. The van der Waals surface area contributed by atoms with Crippen molar-refractivity contribution in [3.63, 3.8) is 0 Å². The van der Waals surface area contributed by atoms with Gasteiger partial charge in [0.25, 0.3) is 0 Å². The van der Waals surface area contributed by atoms with Crippen molar-refractivity contribution in [2.45, 2.75) is 51.5 Å². The fraction of sp³-hybridized carbons (Fsp3) is 0.640. The molecule has 7 rings (SSSR count). The molecule has 1 aromatic carbocycles. The monoisotopic (exact) mass is 451 g/mol. The molecule has 6 nitrogen and oxygen atoms in total. The summed E-state index contributed by atoms with van der Waals surface area (Å²) in [5, 5.41) is 5.51. The lowest BCUT2D eigenvalue weighted by atomic mass is 9.27. The molecule has 5 fully saturated rings. The number of nitrogens with zero attached hydrogens (tertiary/aromatic N) is 5. The molecule has 0 radical (unpaired) electrons. The first kappa shape index (κ1) is 19.4. The van der Waals surface area contributed by atoms with Crippen molar-refractivity contribution in [2.24, 2.45) is 22.7 Å². The van der Waals surface area contributed by atoms with E-state index in [0.717, 1.165) is 49.9 Å². The highest BCUT2D eigenvalue weighted by Gasteiger charge is 2.90. The zero-order chi connectivity index (χ0) is 21.9. The lowest BCUT2D eigenvalue weighted by Gasteiger charge is -2.78. The second kappa shape index (κ2) is 6.07. The molecule has 5 aliphatic rings. The van der Waals surface area contributed by atoms with E-state index in [-0.39, 0.29) is 16.4 Å². The van der Waals surface area contributed by atoms with Gasteiger partial charge in [-0.2, -0.15) is 5.10 Å². The van der Waals surface area contributed by atoms with Crippen LogP contribution in [-0.4, -0.2) is 51.8 Å². The fourth-order valence-corrected chi connectivity index (χ4v) is 9.14. The number of carbonyl (C=O) groups excluding carboxylic acids is 1. The van der Waals surface area contributed by atoms with Gasteiger partial charge >= 0.3 is 0 Å². The second-order valence-corrected chi connectivity index (χ2v) is 11.6. The van der Waals surface area contributed by atoms with Gasteiger partial charge in [0.2, 0.25) is 5.91 Å². The Bertz CT molecular complexity index is 1140. The number of hydrogen-bond donors (Lipinski definition) is 0. The van der Waals surface area contributed by atoms with Crippen LogP contribution in [0.1, 0.15) is 43.5 Å². The van der Waals surface area contributed by atoms with Crippen molar-refractivity contribution in [1.29, 1.82) is 0 Å². The van der Waals surface area contributed by atoms with Crippen molar-refractivity contribution in [3.05, 3.63) is 40.9 Å². The number of aryl methyl sites for hydroxylation is 2. The fourth-order valence-electron chi connectivity index (χ4n) is 8.97. The van der Waals surface area contributed by atoms with Crippen molar-refractivity contribution >= 4 is 23.2 Å². The first-order valence-corrected chi connectivity index (χ1v) is 12.5. The van der Waals surface area contributed by atoms with Gasteiger partial charge in [0.15, 0.2) is 0 Å². The summed E-state index contributed by atoms with van der Waals surface area (Å²) in [5.74, 6) is 2.68. The van der Waals surface area contributed by atoms with Gasteiger partial charge in [0, 0.05) is 42.3 Å². The summed E-state index contributed by atoms with van der Waals surface area (Å²) in [6, 6.07) is 6.09. The maximum Gasteiger partial charge on any atom is 0.229 e. The van der Waals surface area contributed by atoms with Gasteiger partial charge in [0.1, 0.15) is 12.2 Å². The molecule has 168 valence electrons. The Morgan fingerprint density at radius 2 is 1.94 bits per heavy atom. The van der Waals surface area contributed by atoms with Gasteiger partial charge < -0.3 is 9.80 Å². The molecule has 5 atom stereocenters. The maximum absolute atomic E-state index is 14.1. The number of benzene rings is 1. The van der Waals surface area contributed by atoms with E-state index in [1.807, 2.05) is 19.3 Å². The van der Waals surface area contributed by atoms with E-state index in [0.29, 0.717) is 17.7 Å². The van der Waals surface area contributed by atoms with E-state index in [1.54, 1.807) is 0 Å². The predicted octanol–water partition coefficient (Wildman–Crippen LogP) is 3.80. The molecule has 2 bridgehead atoms. The Labute approximate surface area is 193 Å². The van der Waals surface area contributed by atoms with E-state index < -0.39 is 0 Å². The smallest absolute Gasteiger partial charge is 0.229 e. The molecule has 1 spiro atoms. The molecular formula is C25H30ClN5O. The van der Waals surface area contributed by atoms with Crippen LogP contribution < -0.4 is 4.90 Å². The molecule has 4 aliphatic carbocycles. The first-order valence-electron chi connectivity index (χ1n) is 12.1. The zero-order valence-electron chi connectivity index (χ0n) is 18.9. The lowest BCUT2D eigenvalue weighted by Crippen LogP contribution is -2.81. The Balaban J connectivity index is 1.14. The molecule has 1 aliphatic heterocycles. The third-order valence-electron chi connectivity index (χ3n) is 9.96. The summed E-state index contributed by atoms with van der Waals surface area (Å²) in [7, 11) is 0. The highest BCUT2D eigenvalue weighted by molar-refractivity contribution is 6.30. The van der Waals surface area contributed by atoms with Gasteiger partial charge in [-0.05, 0) is 75.5 Å². The van der Waals surface area contributed by atoms with Crippen molar-refractivity contribution < 1.29 is 4.79 Å². The topological polar surface area (TPSA) is 54.3 Å². The van der Waals surface area contributed by atoms with E-state index >= 15 is 0 Å². The van der Waals surface area contributed by atoms with E-state index in [9.17, 15) is 4.79 Å². The van der Waals surface area contributed by atoms with Gasteiger partial charge in [0.05, 0.1) is 11.0 Å². The Morgan fingerprint density at radius 3 is 2.66 bits per heavy atom. The van der Waals surface area contributed by atoms with Crippen LogP contribution in [0.4, 0.5) is 5.69 Å². The standard InChI is InChI=1S/C25H30ClN5O/c1-16-3-4-20(26)10-21(16)29-5-7-30(8-6-29)22(32)23-11-18-9-19-13-24(14-23,25(19,23)12-18)31-15-27-17(2)28-31/h3-4,10,15,18-19H,5-9,11-14H2,1-2H3. The quantitative estimate of drug-likeness (QED) is 0.712. The van der Waals surface area contributed by atoms with Gasteiger partial charge in [-0.25, -0.2) is 9.67 Å². The predicted molar refractivity (Wildman–Crippen MR) is 123 cm³/mol. The lowest BCUT2D eigenvalue weighted by molar-refractivity contribution is -0.297. The van der Waals surface area contributed by atoms with E-state index in [4.69, 9.17) is 16.7 Å². The highest BCUT2D eigenvalue weighted by Crippen LogP contribution is 2.90. The Hall–Kier alpha value is -2.08. The summed E-state index contributed by atoms with van der Waals surface area (Å²) in [6.07, 6.45) is 7.68. The normalized spacial score (nSPS) is 39.0. The third kappa shape index (κ3) is 2.07. The third-order valence-corrected chi connectivity index (χ3v) is 10.2. The number of aromatic nitrogens is 3. The Kier molecular flexibility index (Phi) is 3.68. The van der Waals surface area contributed by atoms with Crippen LogP contribution in [-0.2, 0) is 10.3 Å². The number of piperazine rings is 1. The molecule has 1 aromatic heterocycles. The molecule has 1 saturated heterocycles. The van der Waals surface area contributed by atoms with Crippen LogP contribution in [0.5, 0.6) is 0 Å². The number of carbonyl (C=O) groups is 1. The molecule has 0 N–H and O–H groups in total. The Morgan fingerprint density at radius 1 is 1.12 bits per heavy atom. The van der Waals surface area contributed by atoms with E-state index in [1.165, 1.54) is 30.5 Å². The van der Waals surface area contributed by atoms with Crippen LogP contribution in [0, 0.1) is 36.5 Å². The van der Waals surface area contributed by atoms with Crippen LogP contribution in [0.3, 0.4) is 0 Å². The maximum atomic E-state index is 14.1. The molecule has 1 amide bonds. The summed E-state index contributed by atoms with van der Waals surface area (Å²) < 4.78 is 2.15. The number of hydrogen-bond acceptors (Lipinski definition) is 4. The molecule has 5 unspecified atom stereocenters. The first-order chi connectivity index (χ1) is 15.4. The van der Waals surface area contributed by atoms with Crippen LogP contribution in [0.15, 0.2) is 24.5 Å². The minimum absolute atomic E-state index is 0.0412. The van der Waals surface area contributed by atoms with Crippen molar-refractivity contribution in [3.8, 4) is 0 Å². The molecular weight excluding hydrogens is 422 g/mol. The van der Waals surface area contributed by atoms with Crippen molar-refractivity contribution in [1.82, 2.24) is 19.7 Å². The summed E-state index contributed by atoms with van der Waals surface area (Å²) >= 11 is 6.26. The summed E-state index contributed by atoms with van der Waals surface area (Å²) in [4.78, 5) is 23.1. The minimum atomic E-state index is -0.160. The molecule has 2 aromatic rings. The minimum Gasteiger partial charge on any atom is -0.368 e. The van der Waals surface area contributed by atoms with Gasteiger partial charge in [-0.15, -0.1) is 0 Å². The number of amides is 1. The summed E-state index contributed by atoms with van der Waals surface area (Å²) in [5.41, 5.74) is 2.45. The largest absolute Gasteiger partial charge is 0.368 e. The molecule has 4 saturated carbocycles. The van der Waals surface area contributed by atoms with Crippen LogP contribution >= 0.6 is 11.6 Å². The summed E-state index contributed by atoms with van der Waals surface area (Å²) in [6.45, 7) is 7.44. The second-order valence-electron chi connectivity index (χ2n) is 11.1. The van der Waals surface area contributed by atoms with Crippen LogP contribution in [0.2, 0.25) is 5.02 Å². The zero-order valence-corrected chi connectivity index (χ0v) is 19.6. The van der Waals surface area contributed by atoms with Crippen molar-refractivity contribution in [2.75, 3.05) is 31.1 Å². The molecule has 2 heterocycles. The average Bonchev–Trinajstić information content (AvgIpc) is 3.44. The molecule has 32 heavy (non-hydrogen) atoms. The molecule has 7 heteroatoms. The number of anilines is 1. The number of fused-ring (bicyclic) bond motifs is 1. The number of halogens is 1. The van der Waals surface area contributed by atoms with Gasteiger partial charge in [-0.3, -0.25) is 4.79 Å². The van der Waals surface area contributed by atoms with E-state index in [2.05, 4.69) is 38.5 Å². The number of rotatable bonds is 3. The average molecular weight is 452 g/mol. The SMILES string of the molecule is Cc1ncn(C23CC4CC5CC(C(=O)N6CCN(c7cc(Cl)ccc7C)CC6)(C2)C43C5)n1. The van der Waals surface area contributed by atoms with Gasteiger partial charge in [-0.1, -0.05) is 17.7 Å². The van der Waals surface area contributed by atoms with Crippen LogP contribution in [0.25, 0.3) is 0 Å².